The van der Waals surface area contributed by atoms with Gasteiger partial charge >= 0.3 is 5.97 Å². The Morgan fingerprint density at radius 2 is 2.15 bits per heavy atom. The second kappa shape index (κ2) is 9.73. The molecule has 0 saturated carbocycles. The fraction of sp³-hybridized carbons (Fsp3) is 0.450. The Balaban J connectivity index is 1.70. The molecule has 27 heavy (non-hydrogen) atoms. The van der Waals surface area contributed by atoms with Gasteiger partial charge in [-0.1, -0.05) is 12.1 Å². The molecule has 7 heteroatoms. The summed E-state index contributed by atoms with van der Waals surface area (Å²) in [4.78, 5) is 14.9. The molecule has 2 aromatic rings. The van der Waals surface area contributed by atoms with Crippen molar-refractivity contribution >= 4 is 17.3 Å². The SMILES string of the molecule is COc1ccc(CC(C(=O)O)c2cccs2)c(OCCN2CCOCC2)c1. The van der Waals surface area contributed by atoms with E-state index in [2.05, 4.69) is 4.90 Å². The summed E-state index contributed by atoms with van der Waals surface area (Å²) in [6.45, 7) is 4.68. The zero-order valence-corrected chi connectivity index (χ0v) is 16.2. The van der Waals surface area contributed by atoms with E-state index in [1.807, 2.05) is 35.7 Å². The van der Waals surface area contributed by atoms with Crippen molar-refractivity contribution in [3.8, 4) is 11.5 Å². The molecule has 6 nitrogen and oxygen atoms in total. The molecule has 146 valence electrons. The topological polar surface area (TPSA) is 68.2 Å². The lowest BCUT2D eigenvalue weighted by atomic mass is 9.97. The Kier molecular flexibility index (Phi) is 7.09. The third-order valence-corrected chi connectivity index (χ3v) is 5.64. The van der Waals surface area contributed by atoms with Crippen LogP contribution in [0.3, 0.4) is 0 Å². The summed E-state index contributed by atoms with van der Waals surface area (Å²) in [6, 6.07) is 9.32. The largest absolute Gasteiger partial charge is 0.497 e. The maximum Gasteiger partial charge on any atom is 0.312 e. The van der Waals surface area contributed by atoms with E-state index in [1.54, 1.807) is 7.11 Å². The highest BCUT2D eigenvalue weighted by Gasteiger charge is 2.23. The number of methoxy groups -OCH3 is 1. The predicted octanol–water partition coefficient (Wildman–Crippen LogP) is 2.88. The second-order valence-corrected chi connectivity index (χ2v) is 7.37. The van der Waals surface area contributed by atoms with Gasteiger partial charge in [0.2, 0.25) is 0 Å². The third-order valence-electron chi connectivity index (χ3n) is 4.65. The zero-order valence-electron chi connectivity index (χ0n) is 15.4. The molecule has 1 aromatic carbocycles. The van der Waals surface area contributed by atoms with Crippen LogP contribution in [-0.2, 0) is 16.0 Å². The Bertz CT molecular complexity index is 728. The maximum absolute atomic E-state index is 11.8. The van der Waals surface area contributed by atoms with E-state index in [1.165, 1.54) is 11.3 Å². The van der Waals surface area contributed by atoms with Crippen molar-refractivity contribution in [2.75, 3.05) is 46.6 Å². The minimum absolute atomic E-state index is 0.382. The molecule has 1 aliphatic heterocycles. The molecule has 1 N–H and O–H groups in total. The lowest BCUT2D eigenvalue weighted by molar-refractivity contribution is -0.138. The molecule has 0 spiro atoms. The van der Waals surface area contributed by atoms with Gasteiger partial charge in [-0.3, -0.25) is 9.69 Å². The zero-order chi connectivity index (χ0) is 19.1. The molecule has 0 amide bonds. The number of carboxylic acids is 1. The molecule has 0 bridgehead atoms. The van der Waals surface area contributed by atoms with Crippen molar-refractivity contribution in [2.24, 2.45) is 0 Å². The van der Waals surface area contributed by atoms with Crippen molar-refractivity contribution in [1.82, 2.24) is 4.90 Å². The lowest BCUT2D eigenvalue weighted by Crippen LogP contribution is -2.38. The molecule has 1 aliphatic rings. The summed E-state index contributed by atoms with van der Waals surface area (Å²) in [5, 5.41) is 11.6. The molecule has 1 saturated heterocycles. The van der Waals surface area contributed by atoms with Gasteiger partial charge in [-0.05, 0) is 29.5 Å². The second-order valence-electron chi connectivity index (χ2n) is 6.39. The van der Waals surface area contributed by atoms with E-state index in [0.717, 1.165) is 43.3 Å². The van der Waals surface area contributed by atoms with Crippen LogP contribution in [0.5, 0.6) is 11.5 Å². The van der Waals surface area contributed by atoms with Gasteiger partial charge in [-0.15, -0.1) is 11.3 Å². The highest BCUT2D eigenvalue weighted by atomic mass is 32.1. The number of thiophene rings is 1. The number of ether oxygens (including phenoxy) is 3. The van der Waals surface area contributed by atoms with Crippen LogP contribution < -0.4 is 9.47 Å². The number of rotatable bonds is 9. The third kappa shape index (κ3) is 5.45. The van der Waals surface area contributed by atoms with Crippen molar-refractivity contribution in [2.45, 2.75) is 12.3 Å². The molecule has 0 aliphatic carbocycles. The van der Waals surface area contributed by atoms with E-state index in [-0.39, 0.29) is 0 Å². The van der Waals surface area contributed by atoms with Gasteiger partial charge in [0, 0.05) is 30.6 Å². The molecule has 2 heterocycles. The van der Waals surface area contributed by atoms with Crippen LogP contribution in [0.2, 0.25) is 0 Å². The Labute approximate surface area is 163 Å². The first-order valence-electron chi connectivity index (χ1n) is 9.03. The Morgan fingerprint density at radius 3 is 2.81 bits per heavy atom. The van der Waals surface area contributed by atoms with E-state index >= 15 is 0 Å². The fourth-order valence-electron chi connectivity index (χ4n) is 3.09. The molecule has 0 radical (unpaired) electrons. The summed E-state index contributed by atoms with van der Waals surface area (Å²) in [5.74, 6) is -0.0268. The predicted molar refractivity (Wildman–Crippen MR) is 104 cm³/mol. The number of benzene rings is 1. The fourth-order valence-corrected chi connectivity index (χ4v) is 3.91. The number of hydrogen-bond acceptors (Lipinski definition) is 6. The average Bonchev–Trinajstić information content (AvgIpc) is 3.21. The number of nitrogens with zero attached hydrogens (tertiary/aromatic N) is 1. The van der Waals surface area contributed by atoms with Gasteiger partial charge in [0.15, 0.2) is 0 Å². The maximum atomic E-state index is 11.8. The first-order valence-corrected chi connectivity index (χ1v) is 9.91. The smallest absolute Gasteiger partial charge is 0.312 e. The molecular weight excluding hydrogens is 366 g/mol. The van der Waals surface area contributed by atoms with Crippen molar-refractivity contribution in [1.29, 1.82) is 0 Å². The monoisotopic (exact) mass is 391 g/mol. The van der Waals surface area contributed by atoms with Crippen LogP contribution in [0, 0.1) is 0 Å². The quantitative estimate of drug-likeness (QED) is 0.709. The summed E-state index contributed by atoms with van der Waals surface area (Å²) in [5.41, 5.74) is 0.874. The van der Waals surface area contributed by atoms with Crippen LogP contribution in [0.15, 0.2) is 35.7 Å². The lowest BCUT2D eigenvalue weighted by Gasteiger charge is -2.26. The van der Waals surface area contributed by atoms with Gasteiger partial charge in [0.25, 0.3) is 0 Å². The van der Waals surface area contributed by atoms with Crippen LogP contribution in [0.1, 0.15) is 16.4 Å². The Hall–Kier alpha value is -2.09. The van der Waals surface area contributed by atoms with Crippen LogP contribution >= 0.6 is 11.3 Å². The highest BCUT2D eigenvalue weighted by molar-refractivity contribution is 7.10. The Morgan fingerprint density at radius 1 is 1.33 bits per heavy atom. The van der Waals surface area contributed by atoms with Gasteiger partial charge in [-0.2, -0.15) is 0 Å². The summed E-state index contributed by atoms with van der Waals surface area (Å²) >= 11 is 1.46. The molecule has 1 fully saturated rings. The van der Waals surface area contributed by atoms with E-state index in [0.29, 0.717) is 24.5 Å². The van der Waals surface area contributed by atoms with Crippen molar-refractivity contribution < 1.29 is 24.1 Å². The minimum atomic E-state index is -0.826. The van der Waals surface area contributed by atoms with Crippen molar-refractivity contribution in [3.05, 3.63) is 46.2 Å². The molecule has 1 atom stereocenters. The first-order chi connectivity index (χ1) is 13.2. The average molecular weight is 391 g/mol. The number of carboxylic acid groups (broad SMARTS) is 1. The van der Waals surface area contributed by atoms with E-state index in [9.17, 15) is 9.90 Å². The van der Waals surface area contributed by atoms with Gasteiger partial charge in [-0.25, -0.2) is 0 Å². The summed E-state index contributed by atoms with van der Waals surface area (Å²) < 4.78 is 16.7. The number of carbonyl (C=O) groups is 1. The summed E-state index contributed by atoms with van der Waals surface area (Å²) in [6.07, 6.45) is 0.382. The van der Waals surface area contributed by atoms with E-state index < -0.39 is 11.9 Å². The number of morpholine rings is 1. The molecule has 1 aromatic heterocycles. The van der Waals surface area contributed by atoms with E-state index in [4.69, 9.17) is 14.2 Å². The first kappa shape index (κ1) is 19.7. The van der Waals surface area contributed by atoms with Crippen molar-refractivity contribution in [3.63, 3.8) is 0 Å². The number of aliphatic carboxylic acids is 1. The van der Waals surface area contributed by atoms with Crippen LogP contribution in [0.4, 0.5) is 0 Å². The summed E-state index contributed by atoms with van der Waals surface area (Å²) in [7, 11) is 1.61. The molecule has 1 unspecified atom stereocenters. The number of hydrogen-bond donors (Lipinski definition) is 1. The highest BCUT2D eigenvalue weighted by Crippen LogP contribution is 2.32. The molecular formula is C20H25NO5S. The molecule has 3 rings (SSSR count). The standard InChI is InChI=1S/C20H25NO5S/c1-24-16-5-4-15(13-17(20(22)23)19-3-2-12-27-19)18(14-16)26-11-8-21-6-9-25-10-7-21/h2-5,12,14,17H,6-11,13H2,1H3,(H,22,23). The van der Waals surface area contributed by atoms with Gasteiger partial charge in [0.1, 0.15) is 18.1 Å². The minimum Gasteiger partial charge on any atom is -0.497 e. The van der Waals surface area contributed by atoms with Crippen LogP contribution in [-0.4, -0.2) is 62.5 Å². The van der Waals surface area contributed by atoms with Gasteiger partial charge < -0.3 is 19.3 Å². The van der Waals surface area contributed by atoms with Crippen LogP contribution in [0.25, 0.3) is 0 Å². The van der Waals surface area contributed by atoms with Gasteiger partial charge in [0.05, 0.1) is 26.2 Å². The normalized spacial score (nSPS) is 16.0.